The van der Waals surface area contributed by atoms with Gasteiger partial charge in [-0.25, -0.2) is 14.3 Å². The van der Waals surface area contributed by atoms with Crippen molar-refractivity contribution in [3.05, 3.63) is 52.9 Å². The van der Waals surface area contributed by atoms with Crippen LogP contribution >= 0.6 is 11.3 Å². The highest BCUT2D eigenvalue weighted by molar-refractivity contribution is 7.12. The van der Waals surface area contributed by atoms with Crippen LogP contribution in [0.2, 0.25) is 0 Å². The number of anilines is 2. The topological polar surface area (TPSA) is 99.2 Å². The molecule has 2 heterocycles. The predicted molar refractivity (Wildman–Crippen MR) is 106 cm³/mol. The number of nitrogens with one attached hydrogen (secondary N) is 1. The van der Waals surface area contributed by atoms with Crippen LogP contribution < -0.4 is 11.1 Å². The van der Waals surface area contributed by atoms with Crippen molar-refractivity contribution in [3.63, 3.8) is 0 Å². The van der Waals surface area contributed by atoms with Crippen LogP contribution in [0.3, 0.4) is 0 Å². The molecule has 3 rings (SSSR count). The highest BCUT2D eigenvalue weighted by Crippen LogP contribution is 2.26. The molecule has 0 fully saturated rings. The number of imidazole rings is 1. The first-order valence-electron chi connectivity index (χ1n) is 8.26. The number of carbonyl (C=O) groups is 2. The molecule has 0 bridgehead atoms. The fraction of sp³-hybridized carbons (Fsp3) is 0.211. The van der Waals surface area contributed by atoms with Crippen LogP contribution in [0.15, 0.2) is 48.0 Å². The average Bonchev–Trinajstić information content (AvgIpc) is 3.23. The summed E-state index contributed by atoms with van der Waals surface area (Å²) >= 11 is 1.36. The molecule has 1 amide bonds. The van der Waals surface area contributed by atoms with E-state index in [1.807, 2.05) is 11.4 Å². The maximum absolute atomic E-state index is 12.5. The number of nitrogen functional groups attached to an aromatic ring is 1. The van der Waals surface area contributed by atoms with Gasteiger partial charge in [-0.1, -0.05) is 18.2 Å². The van der Waals surface area contributed by atoms with Gasteiger partial charge >= 0.3 is 6.09 Å². The lowest BCUT2D eigenvalue weighted by molar-refractivity contribution is 0.0543. The zero-order chi connectivity index (χ0) is 19.6. The van der Waals surface area contributed by atoms with Crippen molar-refractivity contribution in [1.29, 1.82) is 0 Å². The molecule has 0 aliphatic heterocycles. The number of nitrogens with two attached hydrogens (primary N) is 1. The van der Waals surface area contributed by atoms with Crippen molar-refractivity contribution in [2.75, 3.05) is 11.1 Å². The highest BCUT2D eigenvalue weighted by atomic mass is 32.1. The van der Waals surface area contributed by atoms with Crippen molar-refractivity contribution in [3.8, 4) is 11.3 Å². The third-order valence-electron chi connectivity index (χ3n) is 3.53. The summed E-state index contributed by atoms with van der Waals surface area (Å²) in [5.74, 6) is -0.158. The lowest BCUT2D eigenvalue weighted by Gasteiger charge is -2.20. The third-order valence-corrected chi connectivity index (χ3v) is 4.39. The van der Waals surface area contributed by atoms with Crippen molar-refractivity contribution in [1.82, 2.24) is 9.55 Å². The Hall–Kier alpha value is -3.13. The van der Waals surface area contributed by atoms with Crippen molar-refractivity contribution >= 4 is 35.0 Å². The van der Waals surface area contributed by atoms with E-state index in [0.29, 0.717) is 21.8 Å². The Morgan fingerprint density at radius 2 is 2.00 bits per heavy atom. The summed E-state index contributed by atoms with van der Waals surface area (Å²) in [5, 5.41) is 4.68. The molecule has 3 aromatic rings. The summed E-state index contributed by atoms with van der Waals surface area (Å²) < 4.78 is 6.62. The molecule has 7 nitrogen and oxygen atoms in total. The van der Waals surface area contributed by atoms with Gasteiger partial charge in [0.2, 0.25) is 5.95 Å². The maximum Gasteiger partial charge on any atom is 0.421 e. The van der Waals surface area contributed by atoms with E-state index in [9.17, 15) is 9.59 Å². The van der Waals surface area contributed by atoms with Crippen LogP contribution in [0.1, 0.15) is 30.4 Å². The molecule has 3 N–H and O–H groups in total. The molecule has 27 heavy (non-hydrogen) atoms. The van der Waals surface area contributed by atoms with Gasteiger partial charge in [-0.15, -0.1) is 11.3 Å². The number of benzene rings is 1. The number of hydrogen-bond acceptors (Lipinski definition) is 6. The Morgan fingerprint density at radius 1 is 1.22 bits per heavy atom. The van der Waals surface area contributed by atoms with Gasteiger partial charge in [0, 0.05) is 11.3 Å². The molecular weight excluding hydrogens is 364 g/mol. The lowest BCUT2D eigenvalue weighted by Crippen LogP contribution is -2.28. The molecule has 2 aromatic heterocycles. The summed E-state index contributed by atoms with van der Waals surface area (Å²) in [6.07, 6.45) is 0.889. The first-order valence-corrected chi connectivity index (χ1v) is 9.14. The number of carbonyl (C=O) groups excluding carboxylic acids is 2. The van der Waals surface area contributed by atoms with Crippen LogP contribution in [0.5, 0.6) is 0 Å². The zero-order valence-corrected chi connectivity index (χ0v) is 16.0. The first kappa shape index (κ1) is 18.7. The van der Waals surface area contributed by atoms with Crippen LogP contribution in [0.4, 0.5) is 16.4 Å². The Bertz CT molecular complexity index is 971. The quantitative estimate of drug-likeness (QED) is 0.704. The van der Waals surface area contributed by atoms with Gasteiger partial charge in [0.1, 0.15) is 5.60 Å². The monoisotopic (exact) mass is 384 g/mol. The summed E-state index contributed by atoms with van der Waals surface area (Å²) in [6.45, 7) is 5.33. The second-order valence-electron chi connectivity index (χ2n) is 6.83. The summed E-state index contributed by atoms with van der Waals surface area (Å²) in [7, 11) is 0. The number of ether oxygens (including phenoxy) is 1. The predicted octanol–water partition coefficient (Wildman–Crippen LogP) is 4.23. The second-order valence-corrected chi connectivity index (χ2v) is 7.78. The van der Waals surface area contributed by atoms with Crippen LogP contribution in [-0.4, -0.2) is 27.2 Å². The molecular formula is C19H20N4O3S. The number of hydrogen-bond donors (Lipinski definition) is 2. The Labute approximate surface area is 160 Å². The maximum atomic E-state index is 12.5. The van der Waals surface area contributed by atoms with E-state index in [2.05, 4.69) is 10.3 Å². The molecule has 0 aliphatic rings. The van der Waals surface area contributed by atoms with Crippen LogP contribution in [0, 0.1) is 0 Å². The van der Waals surface area contributed by atoms with Gasteiger partial charge in [0.25, 0.3) is 5.91 Å². The van der Waals surface area contributed by atoms with Crippen molar-refractivity contribution in [2.45, 2.75) is 26.4 Å². The molecule has 140 valence electrons. The van der Waals surface area contributed by atoms with E-state index in [1.54, 1.807) is 51.1 Å². The number of amides is 1. The van der Waals surface area contributed by atoms with Gasteiger partial charge in [-0.2, -0.15) is 0 Å². The van der Waals surface area contributed by atoms with Gasteiger partial charge in [0.15, 0.2) is 0 Å². The smallest absolute Gasteiger partial charge is 0.421 e. The molecule has 1 aromatic carbocycles. The Kier molecular flexibility index (Phi) is 5.00. The summed E-state index contributed by atoms with van der Waals surface area (Å²) in [4.78, 5) is 29.4. The van der Waals surface area contributed by atoms with E-state index < -0.39 is 11.7 Å². The fourth-order valence-electron chi connectivity index (χ4n) is 2.43. The normalized spacial score (nSPS) is 11.2. The summed E-state index contributed by atoms with van der Waals surface area (Å²) in [5.41, 5.74) is 6.95. The molecule has 8 heteroatoms. The Morgan fingerprint density at radius 3 is 2.67 bits per heavy atom. The van der Waals surface area contributed by atoms with E-state index in [1.165, 1.54) is 22.1 Å². The summed E-state index contributed by atoms with van der Waals surface area (Å²) in [6, 6.07) is 10.7. The van der Waals surface area contributed by atoms with Gasteiger partial charge in [-0.05, 0) is 44.4 Å². The number of nitrogens with zero attached hydrogens (tertiary/aromatic N) is 2. The minimum Gasteiger partial charge on any atom is -0.443 e. The van der Waals surface area contributed by atoms with E-state index in [0.717, 1.165) is 0 Å². The molecule has 0 saturated heterocycles. The number of thiophene rings is 1. The second kappa shape index (κ2) is 7.24. The zero-order valence-electron chi connectivity index (χ0n) is 15.2. The molecule has 0 radical (unpaired) electrons. The van der Waals surface area contributed by atoms with E-state index in [4.69, 9.17) is 10.5 Å². The minimum atomic E-state index is -0.665. The molecule has 0 saturated carbocycles. The van der Waals surface area contributed by atoms with Crippen LogP contribution in [-0.2, 0) is 4.74 Å². The highest BCUT2D eigenvalue weighted by Gasteiger charge is 2.23. The lowest BCUT2D eigenvalue weighted by atomic mass is 10.1. The SMILES string of the molecule is CC(C)(C)OC(=O)n1c(-c2cccc(NC(=O)c3cccs3)c2)cnc1N. The van der Waals surface area contributed by atoms with E-state index >= 15 is 0 Å². The number of rotatable bonds is 3. The molecule has 0 spiro atoms. The van der Waals surface area contributed by atoms with Gasteiger partial charge < -0.3 is 15.8 Å². The molecule has 0 aliphatic carbocycles. The van der Waals surface area contributed by atoms with Crippen molar-refractivity contribution < 1.29 is 14.3 Å². The van der Waals surface area contributed by atoms with Gasteiger partial charge in [-0.3, -0.25) is 4.79 Å². The van der Waals surface area contributed by atoms with Gasteiger partial charge in [0.05, 0.1) is 16.8 Å². The Balaban J connectivity index is 1.89. The molecule has 0 unspecified atom stereocenters. The minimum absolute atomic E-state index is 0.0345. The third kappa shape index (κ3) is 4.35. The average molecular weight is 384 g/mol. The molecule has 0 atom stereocenters. The van der Waals surface area contributed by atoms with Crippen LogP contribution in [0.25, 0.3) is 11.3 Å². The van der Waals surface area contributed by atoms with Crippen molar-refractivity contribution in [2.24, 2.45) is 0 Å². The fourth-order valence-corrected chi connectivity index (χ4v) is 3.04. The van der Waals surface area contributed by atoms with E-state index in [-0.39, 0.29) is 11.9 Å². The standard InChI is InChI=1S/C19H20N4O3S/c1-19(2,3)26-18(25)23-14(11-21-17(23)20)12-6-4-7-13(10-12)22-16(24)15-8-5-9-27-15/h4-11H,1-3H3,(H2,20,21)(H,22,24). The largest absolute Gasteiger partial charge is 0.443 e. The number of aromatic nitrogens is 2. The first-order chi connectivity index (χ1) is 12.7.